The van der Waals surface area contributed by atoms with E-state index in [1.54, 1.807) is 18.0 Å². The van der Waals surface area contributed by atoms with Gasteiger partial charge in [0.2, 0.25) is 5.91 Å². The van der Waals surface area contributed by atoms with Crippen LogP contribution in [-0.4, -0.2) is 27.6 Å². The van der Waals surface area contributed by atoms with Crippen molar-refractivity contribution in [3.05, 3.63) is 59.9 Å². The summed E-state index contributed by atoms with van der Waals surface area (Å²) in [6, 6.07) is 13.9. The third-order valence-corrected chi connectivity index (χ3v) is 4.97. The van der Waals surface area contributed by atoms with E-state index < -0.39 is 0 Å². The van der Waals surface area contributed by atoms with Gasteiger partial charge >= 0.3 is 0 Å². The normalized spacial score (nSPS) is 13.3. The van der Waals surface area contributed by atoms with E-state index in [9.17, 15) is 4.79 Å². The SMILES string of the molecule is N#Cc1ccc(SCCC(=O)N(Cc2cccnc2)C2CC2)cc1. The van der Waals surface area contributed by atoms with Gasteiger partial charge in [0.05, 0.1) is 11.6 Å². The Balaban J connectivity index is 1.51. The Hall–Kier alpha value is -2.32. The Bertz CT molecular complexity index is 721. The molecule has 0 N–H and O–H groups in total. The zero-order valence-electron chi connectivity index (χ0n) is 13.4. The standard InChI is InChI=1S/C19H19N3OS/c20-12-15-3-7-18(8-4-15)24-11-9-19(23)22(17-5-6-17)14-16-2-1-10-21-13-16/h1-4,7-8,10,13,17H,5-6,9,11,14H2. The Kier molecular flexibility index (Phi) is 5.50. The molecule has 0 aliphatic heterocycles. The third-order valence-electron chi connectivity index (χ3n) is 3.95. The maximum atomic E-state index is 12.6. The van der Waals surface area contributed by atoms with Crippen LogP contribution in [-0.2, 0) is 11.3 Å². The number of rotatable bonds is 7. The maximum Gasteiger partial charge on any atom is 0.223 e. The number of pyridine rings is 1. The molecule has 0 spiro atoms. The van der Waals surface area contributed by atoms with Gasteiger partial charge in [0, 0.05) is 42.0 Å². The van der Waals surface area contributed by atoms with Gasteiger partial charge in [0.25, 0.3) is 0 Å². The Morgan fingerprint density at radius 3 is 2.71 bits per heavy atom. The molecule has 1 heterocycles. The second-order valence-electron chi connectivity index (χ2n) is 5.85. The van der Waals surface area contributed by atoms with E-state index in [1.165, 1.54) is 0 Å². The van der Waals surface area contributed by atoms with E-state index in [0.29, 0.717) is 24.6 Å². The van der Waals surface area contributed by atoms with Crippen molar-refractivity contribution < 1.29 is 4.79 Å². The number of amides is 1. The summed E-state index contributed by atoms with van der Waals surface area (Å²) < 4.78 is 0. The van der Waals surface area contributed by atoms with Crippen molar-refractivity contribution in [2.45, 2.75) is 36.7 Å². The molecule has 0 radical (unpaired) electrons. The number of carbonyl (C=O) groups excluding carboxylic acids is 1. The first-order valence-electron chi connectivity index (χ1n) is 8.07. The largest absolute Gasteiger partial charge is 0.335 e. The monoisotopic (exact) mass is 337 g/mol. The molecule has 0 bridgehead atoms. The molecule has 1 saturated carbocycles. The van der Waals surface area contributed by atoms with Gasteiger partial charge in [-0.25, -0.2) is 0 Å². The van der Waals surface area contributed by atoms with E-state index in [4.69, 9.17) is 5.26 Å². The van der Waals surface area contributed by atoms with Gasteiger partial charge in [-0.1, -0.05) is 6.07 Å². The van der Waals surface area contributed by atoms with Crippen molar-refractivity contribution in [1.29, 1.82) is 5.26 Å². The summed E-state index contributed by atoms with van der Waals surface area (Å²) in [6.45, 7) is 0.652. The molecule has 122 valence electrons. The number of nitriles is 1. The number of hydrogen-bond donors (Lipinski definition) is 0. The van der Waals surface area contributed by atoms with Crippen LogP contribution in [0, 0.1) is 11.3 Å². The summed E-state index contributed by atoms with van der Waals surface area (Å²) in [5, 5.41) is 8.81. The lowest BCUT2D eigenvalue weighted by atomic mass is 10.2. The van der Waals surface area contributed by atoms with Crippen molar-refractivity contribution in [3.8, 4) is 6.07 Å². The van der Waals surface area contributed by atoms with Gasteiger partial charge in [0.15, 0.2) is 0 Å². The van der Waals surface area contributed by atoms with Gasteiger partial charge in [-0.3, -0.25) is 9.78 Å². The van der Waals surface area contributed by atoms with Gasteiger partial charge in [-0.15, -0.1) is 11.8 Å². The summed E-state index contributed by atoms with van der Waals surface area (Å²) in [5.41, 5.74) is 1.74. The summed E-state index contributed by atoms with van der Waals surface area (Å²) >= 11 is 1.65. The molecule has 1 aromatic heterocycles. The van der Waals surface area contributed by atoms with E-state index in [1.807, 2.05) is 47.5 Å². The lowest BCUT2D eigenvalue weighted by molar-refractivity contribution is -0.131. The van der Waals surface area contributed by atoms with Crippen LogP contribution in [0.2, 0.25) is 0 Å². The van der Waals surface area contributed by atoms with E-state index in [2.05, 4.69) is 11.1 Å². The summed E-state index contributed by atoms with van der Waals surface area (Å²) in [6.07, 6.45) is 6.32. The summed E-state index contributed by atoms with van der Waals surface area (Å²) in [4.78, 5) is 19.8. The highest BCUT2D eigenvalue weighted by molar-refractivity contribution is 7.99. The maximum absolute atomic E-state index is 12.6. The first kappa shape index (κ1) is 16.5. The van der Waals surface area contributed by atoms with Crippen molar-refractivity contribution >= 4 is 17.7 Å². The van der Waals surface area contributed by atoms with Gasteiger partial charge < -0.3 is 4.90 Å². The van der Waals surface area contributed by atoms with Gasteiger partial charge in [0.1, 0.15) is 0 Å². The Morgan fingerprint density at radius 2 is 2.08 bits per heavy atom. The van der Waals surface area contributed by atoms with E-state index in [0.717, 1.165) is 29.1 Å². The first-order valence-corrected chi connectivity index (χ1v) is 9.06. The number of carbonyl (C=O) groups is 1. The molecule has 0 atom stereocenters. The van der Waals surface area contributed by atoms with Crippen molar-refractivity contribution in [1.82, 2.24) is 9.88 Å². The highest BCUT2D eigenvalue weighted by Gasteiger charge is 2.32. The number of nitrogens with zero attached hydrogens (tertiary/aromatic N) is 3. The fraction of sp³-hybridized carbons (Fsp3) is 0.316. The molecule has 4 nitrogen and oxygen atoms in total. The molecule has 0 unspecified atom stereocenters. The van der Waals surface area contributed by atoms with Gasteiger partial charge in [-0.05, 0) is 48.7 Å². The average molecular weight is 337 g/mol. The molecule has 5 heteroatoms. The van der Waals surface area contributed by atoms with Crippen LogP contribution in [0.4, 0.5) is 0 Å². The fourth-order valence-corrected chi connectivity index (χ4v) is 3.36. The molecular weight excluding hydrogens is 318 g/mol. The van der Waals surface area contributed by atoms with E-state index >= 15 is 0 Å². The summed E-state index contributed by atoms with van der Waals surface area (Å²) in [7, 11) is 0. The molecule has 1 aliphatic rings. The molecule has 1 fully saturated rings. The zero-order chi connectivity index (χ0) is 16.8. The predicted octanol–water partition coefficient (Wildman–Crippen LogP) is 3.63. The second-order valence-corrected chi connectivity index (χ2v) is 7.02. The fourth-order valence-electron chi connectivity index (χ4n) is 2.52. The predicted molar refractivity (Wildman–Crippen MR) is 94.3 cm³/mol. The lowest BCUT2D eigenvalue weighted by Gasteiger charge is -2.22. The van der Waals surface area contributed by atoms with Crippen LogP contribution in [0.25, 0.3) is 0 Å². The molecule has 1 aromatic carbocycles. The minimum Gasteiger partial charge on any atom is -0.335 e. The quantitative estimate of drug-likeness (QED) is 0.724. The summed E-state index contributed by atoms with van der Waals surface area (Å²) in [5.74, 6) is 0.962. The molecule has 0 saturated heterocycles. The van der Waals surface area contributed by atoms with Crippen molar-refractivity contribution in [2.75, 3.05) is 5.75 Å². The van der Waals surface area contributed by atoms with Crippen LogP contribution in [0.1, 0.15) is 30.4 Å². The van der Waals surface area contributed by atoms with Crippen molar-refractivity contribution in [3.63, 3.8) is 0 Å². The molecule has 24 heavy (non-hydrogen) atoms. The molecular formula is C19H19N3OS. The highest BCUT2D eigenvalue weighted by Crippen LogP contribution is 2.29. The average Bonchev–Trinajstić information content (AvgIpc) is 3.46. The van der Waals surface area contributed by atoms with Crippen molar-refractivity contribution in [2.24, 2.45) is 0 Å². The third kappa shape index (κ3) is 4.59. The highest BCUT2D eigenvalue weighted by atomic mass is 32.2. The number of benzene rings is 1. The molecule has 1 amide bonds. The number of aromatic nitrogens is 1. The topological polar surface area (TPSA) is 57.0 Å². The minimum atomic E-state index is 0.211. The molecule has 3 rings (SSSR count). The minimum absolute atomic E-state index is 0.211. The van der Waals surface area contributed by atoms with E-state index in [-0.39, 0.29) is 5.91 Å². The zero-order valence-corrected chi connectivity index (χ0v) is 14.2. The number of hydrogen-bond acceptors (Lipinski definition) is 4. The van der Waals surface area contributed by atoms with Crippen LogP contribution < -0.4 is 0 Å². The lowest BCUT2D eigenvalue weighted by Crippen LogP contribution is -2.32. The first-order chi connectivity index (χ1) is 11.8. The Labute approximate surface area is 146 Å². The van der Waals surface area contributed by atoms with Crippen LogP contribution in [0.15, 0.2) is 53.7 Å². The molecule has 1 aliphatic carbocycles. The smallest absolute Gasteiger partial charge is 0.223 e. The van der Waals surface area contributed by atoms with Crippen LogP contribution in [0.3, 0.4) is 0 Å². The Morgan fingerprint density at radius 1 is 1.29 bits per heavy atom. The second kappa shape index (κ2) is 7.98. The van der Waals surface area contributed by atoms with Crippen LogP contribution >= 0.6 is 11.8 Å². The number of thioether (sulfide) groups is 1. The van der Waals surface area contributed by atoms with Crippen LogP contribution in [0.5, 0.6) is 0 Å². The van der Waals surface area contributed by atoms with Gasteiger partial charge in [-0.2, -0.15) is 5.26 Å². The molecule has 2 aromatic rings.